The van der Waals surface area contributed by atoms with Crippen LogP contribution in [0.1, 0.15) is 5.56 Å². The van der Waals surface area contributed by atoms with Crippen LogP contribution in [-0.2, 0) is 0 Å². The first kappa shape index (κ1) is 15.7. The fraction of sp³-hybridized carbons (Fsp3) is 0.105. The third-order valence-corrected chi connectivity index (χ3v) is 3.53. The molecule has 0 saturated carbocycles. The van der Waals surface area contributed by atoms with Gasteiger partial charge in [0.05, 0.1) is 5.69 Å². The quantitative estimate of drug-likeness (QED) is 0.677. The average molecular weight is 292 g/mol. The molecule has 3 aromatic carbocycles. The summed E-state index contributed by atoms with van der Waals surface area (Å²) in [5.41, 5.74) is 3.30. The molecule has 0 atom stereocenters. The molecule has 0 aliphatic heterocycles. The number of hydrogen-bond acceptors (Lipinski definition) is 2. The molecule has 0 amide bonds. The first-order valence-corrected chi connectivity index (χ1v) is 7.03. The lowest BCUT2D eigenvalue weighted by Gasteiger charge is -2.11. The molecule has 0 radical (unpaired) electrons. The summed E-state index contributed by atoms with van der Waals surface area (Å²) in [6.07, 6.45) is 1.92. The average Bonchev–Trinajstić information content (AvgIpc) is 2.53. The maximum Gasteiger partial charge on any atom is 0.0708 e. The molecule has 0 fully saturated rings. The molecule has 3 rings (SSSR count). The van der Waals surface area contributed by atoms with Crippen LogP contribution in [0, 0.1) is 0 Å². The van der Waals surface area contributed by atoms with E-state index in [1.54, 1.807) is 0 Å². The molecular weight excluding hydrogens is 272 g/mol. The second kappa shape index (κ2) is 6.87. The Labute approximate surface area is 130 Å². The number of anilines is 1. The minimum Gasteiger partial charge on any atom is -0.412 e. The van der Waals surface area contributed by atoms with Crippen molar-refractivity contribution in [1.29, 1.82) is 0 Å². The van der Waals surface area contributed by atoms with E-state index in [0.717, 1.165) is 11.3 Å². The molecule has 3 nitrogen and oxygen atoms in total. The SMILES string of the molecule is CN(C)c1ccc(C=Nc2cccc3ccccc23)cc1.O. The zero-order chi connectivity index (χ0) is 14.7. The van der Waals surface area contributed by atoms with Gasteiger partial charge in [0.2, 0.25) is 0 Å². The molecule has 2 N–H and O–H groups in total. The molecule has 0 heterocycles. The maximum absolute atomic E-state index is 4.64. The number of nitrogens with zero attached hydrogens (tertiary/aromatic N) is 2. The molecule has 0 aliphatic rings. The van der Waals surface area contributed by atoms with Crippen molar-refractivity contribution >= 4 is 28.4 Å². The van der Waals surface area contributed by atoms with Crippen LogP contribution in [0.3, 0.4) is 0 Å². The minimum absolute atomic E-state index is 0. The van der Waals surface area contributed by atoms with Crippen molar-refractivity contribution in [1.82, 2.24) is 0 Å². The van der Waals surface area contributed by atoms with E-state index in [1.165, 1.54) is 16.5 Å². The van der Waals surface area contributed by atoms with E-state index in [4.69, 9.17) is 0 Å². The summed E-state index contributed by atoms with van der Waals surface area (Å²) in [4.78, 5) is 6.73. The van der Waals surface area contributed by atoms with Crippen LogP contribution < -0.4 is 4.90 Å². The molecule has 3 heteroatoms. The van der Waals surface area contributed by atoms with E-state index < -0.39 is 0 Å². The largest absolute Gasteiger partial charge is 0.412 e. The third-order valence-electron chi connectivity index (χ3n) is 3.53. The lowest BCUT2D eigenvalue weighted by Crippen LogP contribution is -2.08. The zero-order valence-electron chi connectivity index (χ0n) is 12.8. The number of aliphatic imine (C=N–C) groups is 1. The molecule has 0 spiro atoms. The van der Waals surface area contributed by atoms with E-state index in [1.807, 2.05) is 38.5 Å². The molecule has 22 heavy (non-hydrogen) atoms. The van der Waals surface area contributed by atoms with Gasteiger partial charge in [-0.3, -0.25) is 4.99 Å². The zero-order valence-corrected chi connectivity index (χ0v) is 12.8. The standard InChI is InChI=1S/C19H18N2.H2O/c1-21(2)17-12-10-15(11-13-17)14-20-19-9-5-7-16-6-3-4-8-18(16)19;/h3-14H,1-2H3;1H2. The Morgan fingerprint density at radius 1 is 0.818 bits per heavy atom. The van der Waals surface area contributed by atoms with E-state index in [0.29, 0.717) is 0 Å². The van der Waals surface area contributed by atoms with Crippen LogP contribution in [-0.4, -0.2) is 25.8 Å². The highest BCUT2D eigenvalue weighted by Crippen LogP contribution is 2.25. The smallest absolute Gasteiger partial charge is 0.0708 e. The van der Waals surface area contributed by atoms with Gasteiger partial charge in [0.25, 0.3) is 0 Å². The Balaban J connectivity index is 0.00000176. The van der Waals surface area contributed by atoms with Crippen molar-refractivity contribution in [3.8, 4) is 0 Å². The van der Waals surface area contributed by atoms with Crippen molar-refractivity contribution in [2.24, 2.45) is 4.99 Å². The number of benzene rings is 3. The fourth-order valence-corrected chi connectivity index (χ4v) is 2.32. The lowest BCUT2D eigenvalue weighted by molar-refractivity contribution is 0.824. The molecule has 0 saturated heterocycles. The summed E-state index contributed by atoms with van der Waals surface area (Å²) in [7, 11) is 4.08. The van der Waals surface area contributed by atoms with Crippen LogP contribution in [0.2, 0.25) is 0 Å². The van der Waals surface area contributed by atoms with E-state index in [9.17, 15) is 0 Å². The predicted molar refractivity (Wildman–Crippen MR) is 95.6 cm³/mol. The lowest BCUT2D eigenvalue weighted by atomic mass is 10.1. The van der Waals surface area contributed by atoms with Gasteiger partial charge in [-0.25, -0.2) is 0 Å². The van der Waals surface area contributed by atoms with Crippen molar-refractivity contribution in [2.45, 2.75) is 0 Å². The number of hydrogen-bond donors (Lipinski definition) is 0. The summed E-state index contributed by atoms with van der Waals surface area (Å²) < 4.78 is 0. The fourth-order valence-electron chi connectivity index (χ4n) is 2.32. The predicted octanol–water partition coefficient (Wildman–Crippen LogP) is 3.83. The van der Waals surface area contributed by atoms with Crippen LogP contribution >= 0.6 is 0 Å². The summed E-state index contributed by atoms with van der Waals surface area (Å²) in [5.74, 6) is 0. The third kappa shape index (κ3) is 3.32. The van der Waals surface area contributed by atoms with Crippen molar-refractivity contribution in [2.75, 3.05) is 19.0 Å². The minimum atomic E-state index is 0. The first-order valence-electron chi connectivity index (χ1n) is 7.03. The topological polar surface area (TPSA) is 47.1 Å². The monoisotopic (exact) mass is 292 g/mol. The van der Waals surface area contributed by atoms with Crippen LogP contribution in [0.15, 0.2) is 71.7 Å². The Bertz CT molecular complexity index is 772. The number of rotatable bonds is 3. The van der Waals surface area contributed by atoms with Crippen LogP contribution in [0.5, 0.6) is 0 Å². The van der Waals surface area contributed by atoms with E-state index in [-0.39, 0.29) is 5.48 Å². The van der Waals surface area contributed by atoms with Gasteiger partial charge in [-0.1, -0.05) is 48.5 Å². The number of fused-ring (bicyclic) bond motifs is 1. The van der Waals surface area contributed by atoms with E-state index in [2.05, 4.69) is 58.4 Å². The van der Waals surface area contributed by atoms with Crippen LogP contribution in [0.4, 0.5) is 11.4 Å². The molecule has 3 aromatic rings. The van der Waals surface area contributed by atoms with Gasteiger partial charge in [0.15, 0.2) is 0 Å². The van der Waals surface area contributed by atoms with Gasteiger partial charge >= 0.3 is 0 Å². The van der Waals surface area contributed by atoms with Gasteiger partial charge in [-0.2, -0.15) is 0 Å². The van der Waals surface area contributed by atoms with Gasteiger partial charge in [0, 0.05) is 31.4 Å². The van der Waals surface area contributed by atoms with Gasteiger partial charge < -0.3 is 10.4 Å². The maximum atomic E-state index is 4.64. The molecule has 0 aromatic heterocycles. The summed E-state index contributed by atoms with van der Waals surface area (Å²) in [6, 6.07) is 22.9. The highest BCUT2D eigenvalue weighted by molar-refractivity contribution is 5.95. The second-order valence-electron chi connectivity index (χ2n) is 5.24. The summed E-state index contributed by atoms with van der Waals surface area (Å²) in [6.45, 7) is 0. The molecule has 0 aliphatic carbocycles. The van der Waals surface area contributed by atoms with Gasteiger partial charge in [-0.15, -0.1) is 0 Å². The van der Waals surface area contributed by atoms with Crippen molar-refractivity contribution in [3.05, 3.63) is 72.3 Å². The second-order valence-corrected chi connectivity index (χ2v) is 5.24. The molecule has 0 bridgehead atoms. The van der Waals surface area contributed by atoms with Gasteiger partial charge in [0.1, 0.15) is 0 Å². The Hall–Kier alpha value is -2.65. The Morgan fingerprint density at radius 2 is 1.50 bits per heavy atom. The normalized spacial score (nSPS) is 10.6. The van der Waals surface area contributed by atoms with Gasteiger partial charge in [-0.05, 0) is 29.1 Å². The summed E-state index contributed by atoms with van der Waals surface area (Å²) in [5, 5.41) is 2.40. The Kier molecular flexibility index (Phi) is 4.92. The van der Waals surface area contributed by atoms with Crippen molar-refractivity contribution < 1.29 is 5.48 Å². The molecule has 112 valence electrons. The highest BCUT2D eigenvalue weighted by atomic mass is 16.0. The summed E-state index contributed by atoms with van der Waals surface area (Å²) >= 11 is 0. The molecule has 0 unspecified atom stereocenters. The van der Waals surface area contributed by atoms with E-state index >= 15 is 0 Å². The van der Waals surface area contributed by atoms with Crippen LogP contribution in [0.25, 0.3) is 10.8 Å². The van der Waals surface area contributed by atoms with Crippen molar-refractivity contribution in [3.63, 3.8) is 0 Å². The first-order chi connectivity index (χ1) is 10.2. The molecular formula is C19H20N2O. The Morgan fingerprint density at radius 3 is 2.23 bits per heavy atom. The highest BCUT2D eigenvalue weighted by Gasteiger charge is 1.98.